The summed E-state index contributed by atoms with van der Waals surface area (Å²) in [5.74, 6) is 1.19. The molecule has 0 aliphatic carbocycles. The molecule has 1 aromatic carbocycles. The van der Waals surface area contributed by atoms with Gasteiger partial charge in [0.2, 0.25) is 0 Å². The molecule has 2 aromatic rings. The molecule has 2 aliphatic rings. The summed E-state index contributed by atoms with van der Waals surface area (Å²) in [7, 11) is 0. The van der Waals surface area contributed by atoms with Crippen LogP contribution in [0.15, 0.2) is 59.2 Å². The summed E-state index contributed by atoms with van der Waals surface area (Å²) in [6.07, 6.45) is 1.30. The maximum absolute atomic E-state index is 12.6. The molecule has 0 saturated carbocycles. The number of rotatable bonds is 4. The highest BCUT2D eigenvalue weighted by molar-refractivity contribution is 6.03. The van der Waals surface area contributed by atoms with Gasteiger partial charge in [0, 0.05) is 30.8 Å². The van der Waals surface area contributed by atoms with E-state index in [1.807, 2.05) is 6.07 Å². The molecule has 0 spiro atoms. The van der Waals surface area contributed by atoms with Crippen molar-refractivity contribution in [3.05, 3.63) is 70.9 Å². The molecule has 0 radical (unpaired) electrons. The Morgan fingerprint density at radius 1 is 1.17 bits per heavy atom. The molecule has 8 heteroatoms. The van der Waals surface area contributed by atoms with Crippen LogP contribution in [0.4, 0.5) is 19.0 Å². The first-order chi connectivity index (χ1) is 13.9. The summed E-state index contributed by atoms with van der Waals surface area (Å²) >= 11 is 0. The minimum absolute atomic E-state index is 0.136. The topological polar surface area (TPSA) is 66.4 Å². The van der Waals surface area contributed by atoms with Crippen LogP contribution < -0.4 is 10.6 Å². The van der Waals surface area contributed by atoms with Gasteiger partial charge in [-0.2, -0.15) is 13.2 Å². The number of nitrogens with zero attached hydrogens (tertiary/aromatic N) is 2. The molecule has 1 fully saturated rings. The van der Waals surface area contributed by atoms with Gasteiger partial charge in [0.05, 0.1) is 5.56 Å². The molecule has 1 unspecified atom stereocenters. The van der Waals surface area contributed by atoms with Gasteiger partial charge in [-0.05, 0) is 54.3 Å². The summed E-state index contributed by atoms with van der Waals surface area (Å²) in [6, 6.07) is 7.67. The maximum Gasteiger partial charge on any atom is 0.416 e. The number of aromatic nitrogens is 1. The van der Waals surface area contributed by atoms with E-state index in [1.54, 1.807) is 12.3 Å². The van der Waals surface area contributed by atoms with E-state index in [-0.39, 0.29) is 5.56 Å². The molecule has 150 valence electrons. The van der Waals surface area contributed by atoms with Crippen molar-refractivity contribution in [1.29, 1.82) is 0 Å². The molecule has 0 bridgehead atoms. The van der Waals surface area contributed by atoms with Crippen LogP contribution in [0.25, 0.3) is 0 Å². The lowest BCUT2D eigenvalue weighted by atomic mass is 9.93. The van der Waals surface area contributed by atoms with Crippen molar-refractivity contribution in [1.82, 2.24) is 10.3 Å². The number of hydrogen-bond donors (Lipinski definition) is 2. The molecule has 4 rings (SSSR count). The highest BCUT2D eigenvalue weighted by atomic mass is 19.4. The average molecular weight is 400 g/mol. The zero-order valence-electron chi connectivity index (χ0n) is 15.5. The second-order valence-corrected chi connectivity index (χ2v) is 7.04. The van der Waals surface area contributed by atoms with Crippen molar-refractivity contribution in [2.45, 2.75) is 19.0 Å². The summed E-state index contributed by atoms with van der Waals surface area (Å²) in [5.41, 5.74) is 1.64. The van der Waals surface area contributed by atoms with Gasteiger partial charge >= 0.3 is 6.18 Å². The fourth-order valence-corrected chi connectivity index (χ4v) is 3.52. The second kappa shape index (κ2) is 7.69. The van der Waals surface area contributed by atoms with E-state index < -0.39 is 17.6 Å². The number of aliphatic imine (C=N–C) groups is 1. The lowest BCUT2D eigenvalue weighted by Gasteiger charge is -2.13. The van der Waals surface area contributed by atoms with Crippen molar-refractivity contribution in [3.8, 4) is 0 Å². The number of pyridine rings is 1. The number of carbonyl (C=O) groups excluding carboxylic acids is 1. The number of hydrogen-bond acceptors (Lipinski definition) is 4. The van der Waals surface area contributed by atoms with Gasteiger partial charge < -0.3 is 10.6 Å². The third-order valence-corrected chi connectivity index (χ3v) is 5.02. The first kappa shape index (κ1) is 19.2. The Morgan fingerprint density at radius 3 is 2.66 bits per heavy atom. The number of nitrogens with one attached hydrogen (secondary N) is 2. The van der Waals surface area contributed by atoms with Crippen molar-refractivity contribution in [2.75, 3.05) is 18.4 Å². The Labute approximate surface area is 165 Å². The summed E-state index contributed by atoms with van der Waals surface area (Å²) in [4.78, 5) is 21.0. The standard InChI is InChI=1S/C21H19F3N4O/c22-21(23,24)16-6-4-14(5-7-16)20(29)28-18-8-3-13(11-26-18)10-15-12-27-19-17(15)2-1-9-25-19/h2-8,11,15H,1,9-10,12H2,(H,25,27)(H,26,28,29). The zero-order chi connectivity index (χ0) is 20.4. The first-order valence-electron chi connectivity index (χ1n) is 9.32. The number of amides is 1. The minimum Gasteiger partial charge on any atom is -0.370 e. The Bertz CT molecular complexity index is 963. The lowest BCUT2D eigenvalue weighted by molar-refractivity contribution is -0.137. The summed E-state index contributed by atoms with van der Waals surface area (Å²) in [6.45, 7) is 1.67. The van der Waals surface area contributed by atoms with Crippen molar-refractivity contribution < 1.29 is 18.0 Å². The van der Waals surface area contributed by atoms with Crippen molar-refractivity contribution >= 4 is 17.6 Å². The van der Waals surface area contributed by atoms with Gasteiger partial charge in [-0.3, -0.25) is 9.79 Å². The number of alkyl halides is 3. The van der Waals surface area contributed by atoms with Crippen LogP contribution >= 0.6 is 0 Å². The number of amidine groups is 1. The van der Waals surface area contributed by atoms with Gasteiger partial charge in [-0.15, -0.1) is 0 Å². The molecule has 2 aliphatic heterocycles. The van der Waals surface area contributed by atoms with Crippen LogP contribution in [0.1, 0.15) is 27.9 Å². The smallest absolute Gasteiger partial charge is 0.370 e. The lowest BCUT2D eigenvalue weighted by Crippen LogP contribution is -2.17. The van der Waals surface area contributed by atoms with E-state index in [0.29, 0.717) is 11.7 Å². The van der Waals surface area contributed by atoms with E-state index in [9.17, 15) is 18.0 Å². The average Bonchev–Trinajstić information content (AvgIpc) is 3.12. The fourth-order valence-electron chi connectivity index (χ4n) is 3.52. The zero-order valence-corrected chi connectivity index (χ0v) is 15.5. The van der Waals surface area contributed by atoms with Gasteiger partial charge in [0.15, 0.2) is 0 Å². The third kappa shape index (κ3) is 4.31. The van der Waals surface area contributed by atoms with Gasteiger partial charge in [0.25, 0.3) is 5.91 Å². The number of halogens is 3. The molecule has 1 aromatic heterocycles. The highest BCUT2D eigenvalue weighted by Crippen LogP contribution is 2.29. The van der Waals surface area contributed by atoms with Crippen molar-refractivity contribution in [2.24, 2.45) is 10.9 Å². The Kier molecular flexibility index (Phi) is 5.08. The van der Waals surface area contributed by atoms with E-state index in [2.05, 4.69) is 26.7 Å². The monoisotopic (exact) mass is 400 g/mol. The number of dihydropyridines is 1. The molecular weight excluding hydrogens is 381 g/mol. The fraction of sp³-hybridized carbons (Fsp3) is 0.286. The van der Waals surface area contributed by atoms with Crippen LogP contribution in [0.2, 0.25) is 0 Å². The van der Waals surface area contributed by atoms with Gasteiger partial charge in [-0.1, -0.05) is 12.1 Å². The minimum atomic E-state index is -4.43. The van der Waals surface area contributed by atoms with Crippen LogP contribution in [-0.2, 0) is 12.6 Å². The molecule has 2 N–H and O–H groups in total. The predicted octanol–water partition coefficient (Wildman–Crippen LogP) is 3.84. The molecule has 1 atom stereocenters. The molecule has 1 saturated heterocycles. The van der Waals surface area contributed by atoms with E-state index in [0.717, 1.165) is 61.6 Å². The number of fused-ring (bicyclic) bond motifs is 1. The third-order valence-electron chi connectivity index (χ3n) is 5.02. The quantitative estimate of drug-likeness (QED) is 0.820. The number of carbonyl (C=O) groups is 1. The Hall–Kier alpha value is -3.16. The summed E-state index contributed by atoms with van der Waals surface area (Å²) in [5, 5.41) is 5.94. The van der Waals surface area contributed by atoms with Gasteiger partial charge in [0.1, 0.15) is 11.7 Å². The van der Waals surface area contributed by atoms with E-state index >= 15 is 0 Å². The molecule has 1 amide bonds. The maximum atomic E-state index is 12.6. The van der Waals surface area contributed by atoms with Gasteiger partial charge in [-0.25, -0.2) is 4.98 Å². The SMILES string of the molecule is O=C(Nc1ccc(CC2CNC3=NCCC=C32)cn1)c1ccc(C(F)(F)F)cc1. The van der Waals surface area contributed by atoms with Crippen LogP contribution in [0.3, 0.4) is 0 Å². The second-order valence-electron chi connectivity index (χ2n) is 7.04. The number of anilines is 1. The van der Waals surface area contributed by atoms with E-state index in [4.69, 9.17) is 0 Å². The Morgan fingerprint density at radius 2 is 1.97 bits per heavy atom. The molecule has 29 heavy (non-hydrogen) atoms. The highest BCUT2D eigenvalue weighted by Gasteiger charge is 2.30. The van der Waals surface area contributed by atoms with Crippen LogP contribution in [-0.4, -0.2) is 29.8 Å². The first-order valence-corrected chi connectivity index (χ1v) is 9.32. The summed E-state index contributed by atoms with van der Waals surface area (Å²) < 4.78 is 37.9. The van der Waals surface area contributed by atoms with Crippen LogP contribution in [0, 0.1) is 5.92 Å². The largest absolute Gasteiger partial charge is 0.416 e. The molecular formula is C21H19F3N4O. The predicted molar refractivity (Wildman–Crippen MR) is 104 cm³/mol. The number of benzene rings is 1. The molecule has 5 nitrogen and oxygen atoms in total. The normalized spacial score (nSPS) is 18.4. The molecule has 3 heterocycles. The Balaban J connectivity index is 1.37. The van der Waals surface area contributed by atoms with Crippen molar-refractivity contribution in [3.63, 3.8) is 0 Å². The van der Waals surface area contributed by atoms with E-state index in [1.165, 1.54) is 5.57 Å². The van der Waals surface area contributed by atoms with Crippen LogP contribution in [0.5, 0.6) is 0 Å².